The Kier molecular flexibility index (Phi) is 3.27. The van der Waals surface area contributed by atoms with Crippen molar-refractivity contribution in [1.29, 1.82) is 0 Å². The summed E-state index contributed by atoms with van der Waals surface area (Å²) >= 11 is 0. The molecule has 0 radical (unpaired) electrons. The van der Waals surface area contributed by atoms with Gasteiger partial charge in [-0.15, -0.1) is 0 Å². The van der Waals surface area contributed by atoms with Gasteiger partial charge in [-0.3, -0.25) is 0 Å². The van der Waals surface area contributed by atoms with E-state index < -0.39 is 0 Å². The van der Waals surface area contributed by atoms with E-state index >= 15 is 0 Å². The maximum absolute atomic E-state index is 4.68. The van der Waals surface area contributed by atoms with E-state index in [9.17, 15) is 0 Å². The molecule has 0 aliphatic carbocycles. The molecular weight excluding hydrogens is 282 g/mol. The van der Waals surface area contributed by atoms with Crippen LogP contribution in [-0.4, -0.2) is 9.78 Å². The van der Waals surface area contributed by atoms with Crippen LogP contribution in [0.4, 0.5) is 5.69 Å². The van der Waals surface area contributed by atoms with Gasteiger partial charge >= 0.3 is 0 Å². The molecule has 1 aliphatic rings. The summed E-state index contributed by atoms with van der Waals surface area (Å²) in [5, 5.41) is 8.30. The summed E-state index contributed by atoms with van der Waals surface area (Å²) in [6.07, 6.45) is 4.33. The van der Waals surface area contributed by atoms with Crippen LogP contribution in [0.25, 0.3) is 17.3 Å². The molecule has 0 saturated carbocycles. The third-order valence-electron chi connectivity index (χ3n) is 4.23. The highest BCUT2D eigenvalue weighted by Crippen LogP contribution is 2.38. The van der Waals surface area contributed by atoms with Crippen LogP contribution in [0.1, 0.15) is 23.0 Å². The van der Waals surface area contributed by atoms with Crippen LogP contribution in [0.2, 0.25) is 0 Å². The van der Waals surface area contributed by atoms with Gasteiger partial charge in [0.15, 0.2) is 0 Å². The molecule has 0 fully saturated rings. The van der Waals surface area contributed by atoms with Crippen LogP contribution in [0.5, 0.6) is 0 Å². The number of para-hydroxylation sites is 1. The van der Waals surface area contributed by atoms with Crippen molar-refractivity contribution in [2.45, 2.75) is 20.0 Å². The number of fused-ring (bicyclic) bond motifs is 3. The number of hydrogen-bond donors (Lipinski definition) is 1. The molecule has 0 bridgehead atoms. The summed E-state index contributed by atoms with van der Waals surface area (Å²) in [5.41, 5.74) is 7.07. The van der Waals surface area contributed by atoms with Crippen LogP contribution < -0.4 is 5.32 Å². The molecule has 3 nitrogen and oxygen atoms in total. The Balaban J connectivity index is 1.78. The van der Waals surface area contributed by atoms with E-state index in [4.69, 9.17) is 0 Å². The van der Waals surface area contributed by atoms with Gasteiger partial charge in [0, 0.05) is 11.3 Å². The van der Waals surface area contributed by atoms with Gasteiger partial charge < -0.3 is 5.32 Å². The highest BCUT2D eigenvalue weighted by Gasteiger charge is 2.24. The number of nitrogens with zero attached hydrogens (tertiary/aromatic N) is 2. The van der Waals surface area contributed by atoms with Gasteiger partial charge in [0.05, 0.1) is 11.4 Å². The van der Waals surface area contributed by atoms with Gasteiger partial charge in [0.2, 0.25) is 0 Å². The van der Waals surface area contributed by atoms with Crippen molar-refractivity contribution in [3.63, 3.8) is 0 Å². The largest absolute Gasteiger partial charge is 0.360 e. The summed E-state index contributed by atoms with van der Waals surface area (Å²) in [7, 11) is 0. The molecule has 3 aromatic rings. The lowest BCUT2D eigenvalue weighted by Gasteiger charge is -2.28. The molecule has 0 amide bonds. The minimum absolute atomic E-state index is 0.0208. The van der Waals surface area contributed by atoms with Crippen molar-refractivity contribution in [3.8, 4) is 11.3 Å². The summed E-state index contributed by atoms with van der Waals surface area (Å²) in [5.74, 6) is 0. The number of aromatic nitrogens is 2. The van der Waals surface area contributed by atoms with Crippen LogP contribution in [0, 0.1) is 13.8 Å². The molecule has 0 saturated heterocycles. The van der Waals surface area contributed by atoms with Crippen LogP contribution >= 0.6 is 0 Å². The first-order chi connectivity index (χ1) is 11.2. The van der Waals surface area contributed by atoms with Gasteiger partial charge in [-0.05, 0) is 37.1 Å². The lowest BCUT2D eigenvalue weighted by Crippen LogP contribution is -2.23. The Morgan fingerprint density at radius 3 is 2.70 bits per heavy atom. The summed E-state index contributed by atoms with van der Waals surface area (Å²) < 4.78 is 2.07. The number of anilines is 1. The predicted molar refractivity (Wildman–Crippen MR) is 95.3 cm³/mol. The minimum Gasteiger partial charge on any atom is -0.360 e. The zero-order chi connectivity index (χ0) is 15.8. The third-order valence-corrected chi connectivity index (χ3v) is 4.23. The average molecular weight is 301 g/mol. The van der Waals surface area contributed by atoms with E-state index in [0.717, 1.165) is 5.69 Å². The van der Waals surface area contributed by atoms with Crippen LogP contribution in [-0.2, 0) is 0 Å². The molecule has 1 aromatic heterocycles. The highest BCUT2D eigenvalue weighted by molar-refractivity contribution is 5.81. The van der Waals surface area contributed by atoms with Crippen molar-refractivity contribution in [2.24, 2.45) is 0 Å². The molecule has 1 aliphatic heterocycles. The van der Waals surface area contributed by atoms with Gasteiger partial charge in [0.1, 0.15) is 6.17 Å². The van der Waals surface area contributed by atoms with Gasteiger partial charge in [0.25, 0.3) is 0 Å². The van der Waals surface area contributed by atoms with Crippen molar-refractivity contribution >= 4 is 11.8 Å². The smallest absolute Gasteiger partial charge is 0.140 e. The van der Waals surface area contributed by atoms with Crippen LogP contribution in [0.15, 0.2) is 60.7 Å². The fraction of sp³-hybridized carbons (Fsp3) is 0.150. The third kappa shape index (κ3) is 2.44. The van der Waals surface area contributed by atoms with Gasteiger partial charge in [-0.2, -0.15) is 5.10 Å². The number of hydrogen-bond acceptors (Lipinski definition) is 2. The second-order valence-corrected chi connectivity index (χ2v) is 5.97. The van der Waals surface area contributed by atoms with E-state index in [0.29, 0.717) is 0 Å². The fourth-order valence-corrected chi connectivity index (χ4v) is 3.11. The first-order valence-electron chi connectivity index (χ1n) is 7.88. The summed E-state index contributed by atoms with van der Waals surface area (Å²) in [6.45, 7) is 4.18. The monoisotopic (exact) mass is 301 g/mol. The summed E-state index contributed by atoms with van der Waals surface area (Å²) in [4.78, 5) is 0. The molecule has 0 spiro atoms. The van der Waals surface area contributed by atoms with Crippen LogP contribution in [0.3, 0.4) is 0 Å². The molecular formula is C20H19N3. The number of nitrogens with one attached hydrogen (secondary N) is 1. The molecule has 114 valence electrons. The van der Waals surface area contributed by atoms with Crippen molar-refractivity contribution < 1.29 is 0 Å². The van der Waals surface area contributed by atoms with E-state index in [1.165, 1.54) is 28.1 Å². The number of benzene rings is 2. The number of aryl methyl sites for hydroxylation is 2. The Hall–Kier alpha value is -2.81. The topological polar surface area (TPSA) is 29.9 Å². The lowest BCUT2D eigenvalue weighted by molar-refractivity contribution is 0.588. The molecule has 2 heterocycles. The SMILES string of the molecule is Cc1cc2n(n1)C(C=Cc1ccccc1)Nc1c(C)cccc1-2. The second kappa shape index (κ2) is 5.43. The van der Waals surface area contributed by atoms with Crippen molar-refractivity contribution in [2.75, 3.05) is 5.32 Å². The van der Waals surface area contributed by atoms with E-state index in [2.05, 4.69) is 82.7 Å². The van der Waals surface area contributed by atoms with E-state index in [1.54, 1.807) is 0 Å². The molecule has 1 N–H and O–H groups in total. The first-order valence-corrected chi connectivity index (χ1v) is 7.88. The standard InChI is InChI=1S/C20H19N3/c1-14-7-6-10-17-18-13-15(2)22-23(18)19(21-20(14)17)12-11-16-8-4-3-5-9-16/h3-13,19,21H,1-2H3. The van der Waals surface area contributed by atoms with E-state index in [1.807, 2.05) is 13.0 Å². The Labute approximate surface area is 136 Å². The van der Waals surface area contributed by atoms with Gasteiger partial charge in [-0.1, -0.05) is 54.6 Å². The Morgan fingerprint density at radius 2 is 1.87 bits per heavy atom. The highest BCUT2D eigenvalue weighted by atomic mass is 15.4. The molecule has 2 aromatic carbocycles. The Bertz CT molecular complexity index is 875. The molecule has 1 atom stereocenters. The quantitative estimate of drug-likeness (QED) is 0.736. The fourth-order valence-electron chi connectivity index (χ4n) is 3.11. The molecule has 1 unspecified atom stereocenters. The first kappa shape index (κ1) is 13.8. The van der Waals surface area contributed by atoms with Gasteiger partial charge in [-0.25, -0.2) is 4.68 Å². The molecule has 4 rings (SSSR count). The molecule has 23 heavy (non-hydrogen) atoms. The number of rotatable bonds is 2. The summed E-state index contributed by atoms with van der Waals surface area (Å²) in [6, 6.07) is 18.9. The zero-order valence-electron chi connectivity index (χ0n) is 13.3. The Morgan fingerprint density at radius 1 is 1.04 bits per heavy atom. The second-order valence-electron chi connectivity index (χ2n) is 5.97. The van der Waals surface area contributed by atoms with E-state index in [-0.39, 0.29) is 6.17 Å². The minimum atomic E-state index is 0.0208. The van der Waals surface area contributed by atoms with Crippen molar-refractivity contribution in [1.82, 2.24) is 9.78 Å². The van der Waals surface area contributed by atoms with Crippen molar-refractivity contribution in [3.05, 3.63) is 77.5 Å². The molecule has 3 heteroatoms. The zero-order valence-corrected chi connectivity index (χ0v) is 13.3. The maximum Gasteiger partial charge on any atom is 0.140 e. The lowest BCUT2D eigenvalue weighted by atomic mass is 10.0. The normalized spacial score (nSPS) is 16.0. The predicted octanol–water partition coefficient (Wildman–Crippen LogP) is 4.80. The maximum atomic E-state index is 4.68. The average Bonchev–Trinajstić information content (AvgIpc) is 2.96.